The van der Waals surface area contributed by atoms with Gasteiger partial charge in [0.2, 0.25) is 0 Å². The Bertz CT molecular complexity index is 1590. The van der Waals surface area contributed by atoms with E-state index in [1.807, 2.05) is 77.7 Å². The smallest absolute Gasteiger partial charge is 0.258 e. The Morgan fingerprint density at radius 1 is 0.773 bits per heavy atom. The van der Waals surface area contributed by atoms with Gasteiger partial charge in [-0.1, -0.05) is 60.1 Å². The first kappa shape index (κ1) is 29.9. The molecule has 2 amide bonds. The molecule has 226 valence electrons. The van der Waals surface area contributed by atoms with Crippen LogP contribution in [0.3, 0.4) is 0 Å². The second kappa shape index (κ2) is 14.1. The fraction of sp³-hybridized carbons (Fsp3) is 0.278. The predicted octanol–water partition coefficient (Wildman–Crippen LogP) is 6.84. The zero-order chi connectivity index (χ0) is 30.3. The summed E-state index contributed by atoms with van der Waals surface area (Å²) < 4.78 is 5.48. The summed E-state index contributed by atoms with van der Waals surface area (Å²) in [4.78, 5) is 33.8. The number of anilines is 3. The molecule has 4 aromatic carbocycles. The summed E-state index contributed by atoms with van der Waals surface area (Å²) in [5, 5.41) is 3.60. The standard InChI is InChI=1S/C36H37ClN4O3/c37-29-14-17-33-34(26-29)41(21-7-20-40(33)19-6-18-39-22-24-44-25-23-39)36(43)28-12-15-30(16-13-28)38-35(42)32-11-5-4-10-31(32)27-8-2-1-3-9-27/h1-5,8-17,26H,6-7,18-25H2,(H,38,42). The van der Waals surface area contributed by atoms with Gasteiger partial charge in [-0.25, -0.2) is 0 Å². The highest BCUT2D eigenvalue weighted by molar-refractivity contribution is 6.31. The van der Waals surface area contributed by atoms with Crippen molar-refractivity contribution >= 4 is 40.5 Å². The number of morpholine rings is 1. The molecule has 1 saturated heterocycles. The number of amides is 2. The van der Waals surface area contributed by atoms with Gasteiger partial charge in [-0.05, 0) is 72.5 Å². The maximum atomic E-state index is 13.9. The molecule has 2 aliphatic heterocycles. The highest BCUT2D eigenvalue weighted by atomic mass is 35.5. The summed E-state index contributed by atoms with van der Waals surface area (Å²) in [7, 11) is 0. The quantitative estimate of drug-likeness (QED) is 0.237. The van der Waals surface area contributed by atoms with Gasteiger partial charge in [0, 0.05) is 61.1 Å². The molecule has 0 radical (unpaired) electrons. The number of fused-ring (bicyclic) bond motifs is 1. The fourth-order valence-electron chi connectivity index (χ4n) is 5.99. The molecule has 4 aromatic rings. The number of ether oxygens (including phenoxy) is 1. The lowest BCUT2D eigenvalue weighted by molar-refractivity contribution is 0.0376. The Hall–Kier alpha value is -4.17. The minimum atomic E-state index is -0.201. The maximum Gasteiger partial charge on any atom is 0.258 e. The third kappa shape index (κ3) is 6.97. The maximum absolute atomic E-state index is 13.9. The van der Waals surface area contributed by atoms with E-state index in [4.69, 9.17) is 16.3 Å². The van der Waals surface area contributed by atoms with E-state index in [0.29, 0.717) is 28.4 Å². The summed E-state index contributed by atoms with van der Waals surface area (Å²) in [6.07, 6.45) is 1.89. The van der Waals surface area contributed by atoms with E-state index in [0.717, 1.165) is 81.3 Å². The van der Waals surface area contributed by atoms with Crippen LogP contribution in [0.2, 0.25) is 5.02 Å². The third-order valence-electron chi connectivity index (χ3n) is 8.28. The lowest BCUT2D eigenvalue weighted by Crippen LogP contribution is -2.38. The molecule has 2 aliphatic rings. The lowest BCUT2D eigenvalue weighted by Gasteiger charge is -2.30. The Morgan fingerprint density at radius 2 is 1.52 bits per heavy atom. The van der Waals surface area contributed by atoms with Crippen molar-refractivity contribution in [3.63, 3.8) is 0 Å². The SMILES string of the molecule is O=C(Nc1ccc(C(=O)N2CCCN(CCCN3CCOCC3)c3ccc(Cl)cc32)cc1)c1ccccc1-c1ccccc1. The van der Waals surface area contributed by atoms with Crippen molar-refractivity contribution in [3.05, 3.63) is 113 Å². The molecule has 44 heavy (non-hydrogen) atoms. The molecule has 1 fully saturated rings. The number of nitrogens with zero attached hydrogens (tertiary/aromatic N) is 3. The monoisotopic (exact) mass is 608 g/mol. The highest BCUT2D eigenvalue weighted by Gasteiger charge is 2.26. The van der Waals surface area contributed by atoms with Gasteiger partial charge >= 0.3 is 0 Å². The second-order valence-electron chi connectivity index (χ2n) is 11.2. The second-order valence-corrected chi connectivity index (χ2v) is 11.6. The van der Waals surface area contributed by atoms with Crippen LogP contribution < -0.4 is 15.1 Å². The van der Waals surface area contributed by atoms with Crippen LogP contribution in [-0.4, -0.2) is 69.2 Å². The van der Waals surface area contributed by atoms with Crippen molar-refractivity contribution in [2.45, 2.75) is 12.8 Å². The normalized spacial score (nSPS) is 15.4. The number of hydrogen-bond acceptors (Lipinski definition) is 5. The van der Waals surface area contributed by atoms with Gasteiger partial charge in [-0.15, -0.1) is 0 Å². The average molecular weight is 609 g/mol. The van der Waals surface area contributed by atoms with Gasteiger partial charge in [0.15, 0.2) is 0 Å². The van der Waals surface area contributed by atoms with Crippen LogP contribution >= 0.6 is 11.6 Å². The summed E-state index contributed by atoms with van der Waals surface area (Å²) >= 11 is 6.45. The number of carbonyl (C=O) groups is 2. The Balaban J connectivity index is 1.15. The Kier molecular flexibility index (Phi) is 9.56. The summed E-state index contributed by atoms with van der Waals surface area (Å²) in [6.45, 7) is 6.99. The molecular weight excluding hydrogens is 572 g/mol. The van der Waals surface area contributed by atoms with E-state index < -0.39 is 0 Å². The first-order valence-corrected chi connectivity index (χ1v) is 15.7. The number of hydrogen-bond donors (Lipinski definition) is 1. The number of benzene rings is 4. The molecule has 0 aromatic heterocycles. The van der Waals surface area contributed by atoms with Crippen LogP contribution in [0, 0.1) is 0 Å². The van der Waals surface area contributed by atoms with Crippen LogP contribution in [0.25, 0.3) is 11.1 Å². The zero-order valence-electron chi connectivity index (χ0n) is 24.8. The molecule has 1 N–H and O–H groups in total. The Labute approximate surface area is 264 Å². The predicted molar refractivity (Wildman–Crippen MR) is 178 cm³/mol. The largest absolute Gasteiger partial charge is 0.379 e. The summed E-state index contributed by atoms with van der Waals surface area (Å²) in [5.41, 5.74) is 5.48. The van der Waals surface area contributed by atoms with E-state index in [1.54, 1.807) is 24.3 Å². The van der Waals surface area contributed by atoms with E-state index in [2.05, 4.69) is 15.1 Å². The molecule has 6 rings (SSSR count). The molecule has 0 atom stereocenters. The average Bonchev–Trinajstić information content (AvgIpc) is 3.24. The van der Waals surface area contributed by atoms with Crippen molar-refractivity contribution < 1.29 is 14.3 Å². The van der Waals surface area contributed by atoms with Crippen LogP contribution in [0.5, 0.6) is 0 Å². The molecule has 0 aliphatic carbocycles. The summed E-state index contributed by atoms with van der Waals surface area (Å²) in [5.74, 6) is -0.288. The van der Waals surface area contributed by atoms with Gasteiger partial charge in [0.1, 0.15) is 0 Å². The van der Waals surface area contributed by atoms with Crippen LogP contribution in [0.4, 0.5) is 17.1 Å². The zero-order valence-corrected chi connectivity index (χ0v) is 25.5. The Morgan fingerprint density at radius 3 is 2.32 bits per heavy atom. The number of halogens is 1. The van der Waals surface area contributed by atoms with E-state index in [1.165, 1.54) is 0 Å². The molecule has 2 heterocycles. The molecule has 0 spiro atoms. The highest BCUT2D eigenvalue weighted by Crippen LogP contribution is 2.36. The van der Waals surface area contributed by atoms with Crippen molar-refractivity contribution in [3.8, 4) is 11.1 Å². The van der Waals surface area contributed by atoms with E-state index in [-0.39, 0.29) is 11.8 Å². The van der Waals surface area contributed by atoms with Gasteiger partial charge in [-0.2, -0.15) is 0 Å². The first-order valence-electron chi connectivity index (χ1n) is 15.3. The van der Waals surface area contributed by atoms with Gasteiger partial charge in [-0.3, -0.25) is 14.5 Å². The minimum Gasteiger partial charge on any atom is -0.379 e. The number of nitrogens with one attached hydrogen (secondary N) is 1. The van der Waals surface area contributed by atoms with Crippen molar-refractivity contribution in [1.29, 1.82) is 0 Å². The lowest BCUT2D eigenvalue weighted by atomic mass is 9.99. The number of carbonyl (C=O) groups excluding carboxylic acids is 2. The van der Waals surface area contributed by atoms with Gasteiger partial charge in [0.25, 0.3) is 11.8 Å². The molecule has 0 bridgehead atoms. The van der Waals surface area contributed by atoms with Crippen molar-refractivity contribution in [2.75, 3.05) is 67.6 Å². The topological polar surface area (TPSA) is 65.1 Å². The van der Waals surface area contributed by atoms with Crippen molar-refractivity contribution in [1.82, 2.24) is 4.90 Å². The van der Waals surface area contributed by atoms with Crippen LogP contribution in [0.15, 0.2) is 97.1 Å². The van der Waals surface area contributed by atoms with Crippen LogP contribution in [0.1, 0.15) is 33.6 Å². The number of rotatable bonds is 8. The molecule has 7 nitrogen and oxygen atoms in total. The fourth-order valence-corrected chi connectivity index (χ4v) is 6.16. The molecular formula is C36H37ClN4O3. The molecule has 0 saturated carbocycles. The molecule has 8 heteroatoms. The van der Waals surface area contributed by atoms with Crippen molar-refractivity contribution in [2.24, 2.45) is 0 Å². The van der Waals surface area contributed by atoms with E-state index in [9.17, 15) is 9.59 Å². The summed E-state index contributed by atoms with van der Waals surface area (Å²) in [6, 6.07) is 30.4. The molecule has 0 unspecified atom stereocenters. The van der Waals surface area contributed by atoms with Gasteiger partial charge in [0.05, 0.1) is 24.6 Å². The minimum absolute atomic E-state index is 0.0871. The van der Waals surface area contributed by atoms with Crippen LogP contribution in [-0.2, 0) is 4.74 Å². The first-order chi connectivity index (χ1) is 21.6. The van der Waals surface area contributed by atoms with Gasteiger partial charge < -0.3 is 19.9 Å². The third-order valence-corrected chi connectivity index (χ3v) is 8.51. The van der Waals surface area contributed by atoms with E-state index >= 15 is 0 Å².